The second-order valence-electron chi connectivity index (χ2n) is 11.8. The van der Waals surface area contributed by atoms with Crippen molar-refractivity contribution in [3.8, 4) is 22.8 Å². The number of aromatic nitrogens is 2. The fraction of sp³-hybridized carbons (Fsp3) is 0.312. The van der Waals surface area contributed by atoms with E-state index in [0.29, 0.717) is 25.0 Å². The van der Waals surface area contributed by atoms with Gasteiger partial charge in [-0.3, -0.25) is 14.6 Å². The highest BCUT2D eigenvalue weighted by Crippen LogP contribution is 2.48. The number of carbonyl (C=O) groups is 2. The maximum absolute atomic E-state index is 14.8. The molecule has 2 amide bonds. The first-order valence-corrected chi connectivity index (χ1v) is 14.4. The van der Waals surface area contributed by atoms with Gasteiger partial charge in [0.25, 0.3) is 12.3 Å². The first-order valence-electron chi connectivity index (χ1n) is 14.4. The Morgan fingerprint density at radius 2 is 1.85 bits per heavy atom. The SMILES string of the molecule is C[C@]1(C(N)=O)COc2c1cc(C(O)(CNC(=O)c1cc(OC3CC3)c3ncc(C(F)F)cc3c1)C(F)(F)F)nc2-c1ccc(F)c(F)c1. The predicted molar refractivity (Wildman–Crippen MR) is 154 cm³/mol. The van der Waals surface area contributed by atoms with E-state index in [2.05, 4.69) is 9.97 Å². The molecule has 1 aliphatic heterocycles. The number of nitrogens with one attached hydrogen (secondary N) is 1. The molecule has 1 saturated carbocycles. The zero-order valence-electron chi connectivity index (χ0n) is 24.8. The number of fused-ring (bicyclic) bond motifs is 2. The highest BCUT2D eigenvalue weighted by Gasteiger charge is 2.57. The lowest BCUT2D eigenvalue weighted by molar-refractivity contribution is -0.265. The third-order valence-corrected chi connectivity index (χ3v) is 8.31. The van der Waals surface area contributed by atoms with Crippen LogP contribution in [0.4, 0.5) is 30.7 Å². The van der Waals surface area contributed by atoms with Crippen molar-refractivity contribution in [3.05, 3.63) is 82.7 Å². The van der Waals surface area contributed by atoms with Gasteiger partial charge in [-0.05, 0) is 62.2 Å². The van der Waals surface area contributed by atoms with Gasteiger partial charge in [-0.2, -0.15) is 13.2 Å². The van der Waals surface area contributed by atoms with Crippen LogP contribution in [0.15, 0.2) is 48.7 Å². The molecule has 0 bridgehead atoms. The van der Waals surface area contributed by atoms with E-state index in [-0.39, 0.29) is 45.2 Å². The van der Waals surface area contributed by atoms with Crippen molar-refractivity contribution in [1.29, 1.82) is 0 Å². The van der Waals surface area contributed by atoms with Crippen LogP contribution in [0.5, 0.6) is 11.5 Å². The summed E-state index contributed by atoms with van der Waals surface area (Å²) in [4.78, 5) is 33.7. The first-order chi connectivity index (χ1) is 22.5. The smallest absolute Gasteiger partial charge is 0.424 e. The third-order valence-electron chi connectivity index (χ3n) is 8.31. The average Bonchev–Trinajstić information content (AvgIpc) is 3.79. The van der Waals surface area contributed by atoms with Gasteiger partial charge in [0.1, 0.15) is 34.7 Å². The van der Waals surface area contributed by atoms with Crippen LogP contribution in [0.1, 0.15) is 53.4 Å². The summed E-state index contributed by atoms with van der Waals surface area (Å²) in [6.07, 6.45) is -6.31. The van der Waals surface area contributed by atoms with Gasteiger partial charge in [0, 0.05) is 33.8 Å². The van der Waals surface area contributed by atoms with Crippen molar-refractivity contribution in [2.75, 3.05) is 13.2 Å². The van der Waals surface area contributed by atoms with Gasteiger partial charge in [-0.15, -0.1) is 0 Å². The van der Waals surface area contributed by atoms with Crippen LogP contribution in [0.25, 0.3) is 22.2 Å². The number of nitrogens with two attached hydrogens (primary N) is 1. The number of ether oxygens (including phenoxy) is 2. The number of halogens is 7. The molecule has 1 aliphatic carbocycles. The Morgan fingerprint density at radius 1 is 1.12 bits per heavy atom. The fourth-order valence-corrected chi connectivity index (χ4v) is 5.22. The molecule has 48 heavy (non-hydrogen) atoms. The average molecular weight is 679 g/mol. The van der Waals surface area contributed by atoms with Crippen molar-refractivity contribution in [2.24, 2.45) is 5.73 Å². The van der Waals surface area contributed by atoms with Crippen molar-refractivity contribution in [1.82, 2.24) is 15.3 Å². The molecule has 2 aliphatic rings. The molecule has 4 aromatic rings. The van der Waals surface area contributed by atoms with E-state index in [4.69, 9.17) is 15.2 Å². The van der Waals surface area contributed by atoms with E-state index in [0.717, 1.165) is 30.5 Å². The number of hydrogen-bond donors (Lipinski definition) is 3. The zero-order chi connectivity index (χ0) is 34.8. The Labute approximate surface area is 266 Å². The predicted octanol–water partition coefficient (Wildman–Crippen LogP) is 5.37. The number of pyridine rings is 2. The van der Waals surface area contributed by atoms with Crippen LogP contribution in [-0.2, 0) is 15.8 Å². The summed E-state index contributed by atoms with van der Waals surface area (Å²) in [6.45, 7) is -0.682. The number of carbonyl (C=O) groups excluding carboxylic acids is 2. The molecule has 2 aromatic heterocycles. The van der Waals surface area contributed by atoms with Gasteiger partial charge in [0.2, 0.25) is 11.5 Å². The standard InChI is InChI=1S/C32H25F7N4O5/c1-30(29(40)45)13-47-26-19(30)10-23(43-25(26)14-2-5-20(33)21(34)8-14)31(46,32(37,38)39)12-42-28(44)16-6-15-7-17(27(35)36)11-41-24(15)22(9-16)48-18-3-4-18/h2,5-11,18,27,46H,3-4,12-13H2,1H3,(H2,40,45)(H,42,44)/t30-,31?/m0/s1. The number of alkyl halides is 5. The molecule has 4 N–H and O–H groups in total. The molecule has 0 radical (unpaired) electrons. The van der Waals surface area contributed by atoms with Gasteiger partial charge in [0.15, 0.2) is 11.6 Å². The quantitative estimate of drug-likeness (QED) is 0.203. The van der Waals surface area contributed by atoms with E-state index >= 15 is 0 Å². The van der Waals surface area contributed by atoms with Gasteiger partial charge in [0.05, 0.1) is 18.3 Å². The van der Waals surface area contributed by atoms with E-state index in [1.807, 2.05) is 5.32 Å². The number of rotatable bonds is 9. The molecule has 9 nitrogen and oxygen atoms in total. The molecule has 1 unspecified atom stereocenters. The summed E-state index contributed by atoms with van der Waals surface area (Å²) >= 11 is 0. The Bertz CT molecular complexity index is 1970. The minimum atomic E-state index is -5.52. The van der Waals surface area contributed by atoms with Crippen molar-refractivity contribution >= 4 is 22.7 Å². The minimum absolute atomic E-state index is 0.0502. The van der Waals surface area contributed by atoms with E-state index in [1.54, 1.807) is 0 Å². The monoisotopic (exact) mass is 678 g/mol. The number of primary amides is 1. The maximum atomic E-state index is 14.8. The molecule has 1 fully saturated rings. The van der Waals surface area contributed by atoms with Gasteiger partial charge in [-0.25, -0.2) is 22.5 Å². The lowest BCUT2D eigenvalue weighted by Crippen LogP contribution is -2.51. The molecular weight excluding hydrogens is 653 g/mol. The van der Waals surface area contributed by atoms with Gasteiger partial charge < -0.3 is 25.6 Å². The Hall–Kier alpha value is -4.99. The van der Waals surface area contributed by atoms with Crippen LogP contribution in [0.3, 0.4) is 0 Å². The first kappa shape index (κ1) is 32.9. The summed E-state index contributed by atoms with van der Waals surface area (Å²) < 4.78 is 110. The maximum Gasteiger partial charge on any atom is 0.424 e. The largest absolute Gasteiger partial charge is 0.489 e. The number of aliphatic hydroxyl groups is 1. The third kappa shape index (κ3) is 5.73. The summed E-state index contributed by atoms with van der Waals surface area (Å²) in [5.41, 5.74) is -2.72. The molecule has 2 atom stereocenters. The lowest BCUT2D eigenvalue weighted by atomic mass is 9.81. The number of benzene rings is 2. The second-order valence-corrected chi connectivity index (χ2v) is 11.8. The molecule has 252 valence electrons. The molecule has 2 aromatic carbocycles. The number of nitrogens with zero attached hydrogens (tertiary/aromatic N) is 2. The van der Waals surface area contributed by atoms with Crippen LogP contribution < -0.4 is 20.5 Å². The van der Waals surface area contributed by atoms with Crippen LogP contribution in [-0.4, -0.2) is 52.3 Å². The van der Waals surface area contributed by atoms with Crippen molar-refractivity contribution in [3.63, 3.8) is 0 Å². The molecular formula is C32H25F7N4O5. The normalized spacial score (nSPS) is 18.7. The highest BCUT2D eigenvalue weighted by molar-refractivity contribution is 6.00. The Kier molecular flexibility index (Phi) is 7.97. The van der Waals surface area contributed by atoms with Crippen LogP contribution in [0.2, 0.25) is 0 Å². The van der Waals surface area contributed by atoms with E-state index in [9.17, 15) is 45.4 Å². The highest BCUT2D eigenvalue weighted by atomic mass is 19.4. The van der Waals surface area contributed by atoms with Gasteiger partial charge >= 0.3 is 6.18 Å². The lowest BCUT2D eigenvalue weighted by Gasteiger charge is -2.31. The topological polar surface area (TPSA) is 137 Å². The molecule has 3 heterocycles. The summed E-state index contributed by atoms with van der Waals surface area (Å²) in [5.74, 6) is -4.95. The summed E-state index contributed by atoms with van der Waals surface area (Å²) in [7, 11) is 0. The number of hydrogen-bond acceptors (Lipinski definition) is 7. The van der Waals surface area contributed by atoms with E-state index in [1.165, 1.54) is 13.0 Å². The minimum Gasteiger partial charge on any atom is -0.489 e. The fourth-order valence-electron chi connectivity index (χ4n) is 5.22. The molecule has 0 saturated heterocycles. The second kappa shape index (κ2) is 11.6. The van der Waals surface area contributed by atoms with Crippen molar-refractivity contribution in [2.45, 2.75) is 49.5 Å². The summed E-state index contributed by atoms with van der Waals surface area (Å²) in [5, 5.41) is 13.3. The zero-order valence-corrected chi connectivity index (χ0v) is 24.8. The Balaban J connectivity index is 1.41. The van der Waals surface area contributed by atoms with Crippen LogP contribution >= 0.6 is 0 Å². The molecule has 6 rings (SSSR count). The van der Waals surface area contributed by atoms with Gasteiger partial charge in [-0.1, -0.05) is 0 Å². The van der Waals surface area contributed by atoms with Crippen LogP contribution in [0, 0.1) is 11.6 Å². The van der Waals surface area contributed by atoms with E-state index < -0.39 is 77.2 Å². The molecule has 16 heteroatoms. The van der Waals surface area contributed by atoms with Crippen molar-refractivity contribution < 1.29 is 54.9 Å². The molecule has 0 spiro atoms. The summed E-state index contributed by atoms with van der Waals surface area (Å²) in [6, 6.07) is 6.52. The number of amides is 2. The Morgan fingerprint density at radius 3 is 2.48 bits per heavy atom.